The van der Waals surface area contributed by atoms with Gasteiger partial charge in [-0.15, -0.1) is 5.10 Å². The first kappa shape index (κ1) is 17.9. The molecular formula is C24H25N5. The predicted molar refractivity (Wildman–Crippen MR) is 116 cm³/mol. The van der Waals surface area contributed by atoms with Crippen LogP contribution in [0.25, 0.3) is 10.9 Å². The Kier molecular flexibility index (Phi) is 4.72. The highest BCUT2D eigenvalue weighted by Crippen LogP contribution is 2.33. The van der Waals surface area contributed by atoms with Crippen molar-refractivity contribution in [3.8, 4) is 0 Å². The summed E-state index contributed by atoms with van der Waals surface area (Å²) in [6.45, 7) is 3.50. The molecule has 146 valence electrons. The van der Waals surface area contributed by atoms with Crippen LogP contribution < -0.4 is 5.32 Å². The molecule has 0 aliphatic heterocycles. The zero-order valence-corrected chi connectivity index (χ0v) is 16.7. The highest BCUT2D eigenvalue weighted by molar-refractivity contribution is 5.93. The molecule has 5 rings (SSSR count). The minimum absolute atomic E-state index is 0.661. The predicted octanol–water partition coefficient (Wildman–Crippen LogP) is 4.67. The largest absolute Gasteiger partial charge is 0.378 e. The summed E-state index contributed by atoms with van der Waals surface area (Å²) in [7, 11) is 0. The van der Waals surface area contributed by atoms with E-state index in [-0.39, 0.29) is 0 Å². The van der Waals surface area contributed by atoms with Crippen LogP contribution in [0.15, 0.2) is 54.7 Å². The van der Waals surface area contributed by atoms with E-state index in [1.807, 2.05) is 10.9 Å². The Labute approximate surface area is 170 Å². The molecule has 0 bridgehead atoms. The second kappa shape index (κ2) is 7.66. The Morgan fingerprint density at radius 2 is 1.83 bits per heavy atom. The van der Waals surface area contributed by atoms with Gasteiger partial charge < -0.3 is 5.32 Å². The summed E-state index contributed by atoms with van der Waals surface area (Å²) < 4.78 is 1.90. The van der Waals surface area contributed by atoms with Gasteiger partial charge in [-0.05, 0) is 49.8 Å². The first-order chi connectivity index (χ1) is 14.3. The number of anilines is 1. The maximum Gasteiger partial charge on any atom is 0.102 e. The third kappa shape index (κ3) is 3.73. The van der Waals surface area contributed by atoms with Crippen LogP contribution in [-0.4, -0.2) is 20.0 Å². The van der Waals surface area contributed by atoms with Crippen molar-refractivity contribution >= 4 is 16.6 Å². The monoisotopic (exact) mass is 383 g/mol. The third-order valence-corrected chi connectivity index (χ3v) is 5.67. The topological polar surface area (TPSA) is 55.6 Å². The first-order valence-electron chi connectivity index (χ1n) is 10.4. The zero-order chi connectivity index (χ0) is 19.6. The summed E-state index contributed by atoms with van der Waals surface area (Å²) in [5.41, 5.74) is 8.36. The van der Waals surface area contributed by atoms with Crippen molar-refractivity contribution in [2.45, 2.75) is 45.7 Å². The van der Waals surface area contributed by atoms with Gasteiger partial charge in [-0.2, -0.15) is 0 Å². The molecule has 2 aromatic carbocycles. The number of aromatic nitrogens is 4. The van der Waals surface area contributed by atoms with Crippen molar-refractivity contribution in [3.05, 3.63) is 82.8 Å². The van der Waals surface area contributed by atoms with Gasteiger partial charge in [-0.3, -0.25) is 4.98 Å². The number of pyridine rings is 1. The van der Waals surface area contributed by atoms with Crippen LogP contribution in [-0.2, 0) is 25.9 Å². The molecule has 5 heteroatoms. The minimum atomic E-state index is 0.661. The molecule has 0 radical (unpaired) electrons. The van der Waals surface area contributed by atoms with E-state index in [1.54, 1.807) is 0 Å². The molecule has 0 fully saturated rings. The van der Waals surface area contributed by atoms with Crippen LogP contribution in [0.2, 0.25) is 0 Å². The van der Waals surface area contributed by atoms with Gasteiger partial charge in [0.05, 0.1) is 24.8 Å². The third-order valence-electron chi connectivity index (χ3n) is 5.67. The average Bonchev–Trinajstić information content (AvgIpc) is 3.20. The van der Waals surface area contributed by atoms with Gasteiger partial charge >= 0.3 is 0 Å². The Balaban J connectivity index is 1.37. The second-order valence-corrected chi connectivity index (χ2v) is 7.88. The lowest BCUT2D eigenvalue weighted by Crippen LogP contribution is -2.11. The van der Waals surface area contributed by atoms with E-state index < -0.39 is 0 Å². The smallest absolute Gasteiger partial charge is 0.102 e. The quantitative estimate of drug-likeness (QED) is 0.544. The van der Waals surface area contributed by atoms with Crippen molar-refractivity contribution in [1.82, 2.24) is 20.0 Å². The van der Waals surface area contributed by atoms with E-state index in [1.165, 1.54) is 46.3 Å². The molecule has 1 aliphatic carbocycles. The number of nitrogens with one attached hydrogen (secondary N) is 1. The van der Waals surface area contributed by atoms with Gasteiger partial charge in [-0.1, -0.05) is 53.2 Å². The number of hydrogen-bond donors (Lipinski definition) is 1. The Morgan fingerprint density at radius 1 is 1.00 bits per heavy atom. The summed E-state index contributed by atoms with van der Waals surface area (Å²) in [6, 6.07) is 17.0. The maximum absolute atomic E-state index is 4.92. The Hall–Kier alpha value is -3.21. The number of fused-ring (bicyclic) bond motifs is 2. The lowest BCUT2D eigenvalue weighted by atomic mass is 9.92. The van der Waals surface area contributed by atoms with E-state index >= 15 is 0 Å². The molecule has 1 N–H and O–H groups in total. The molecule has 4 aromatic rings. The SMILES string of the molecule is Cc1ccc(Cn2cc(CNc3c4c(nc5ccccc35)CCCC4)nn2)cc1. The van der Waals surface area contributed by atoms with E-state index in [2.05, 4.69) is 71.1 Å². The average molecular weight is 383 g/mol. The van der Waals surface area contributed by atoms with Gasteiger partial charge in [0.1, 0.15) is 5.69 Å². The molecular weight excluding hydrogens is 358 g/mol. The summed E-state index contributed by atoms with van der Waals surface area (Å²) in [5, 5.41) is 13.5. The van der Waals surface area contributed by atoms with Gasteiger partial charge in [0, 0.05) is 16.8 Å². The summed E-state index contributed by atoms with van der Waals surface area (Å²) in [4.78, 5) is 4.92. The molecule has 0 atom stereocenters. The molecule has 29 heavy (non-hydrogen) atoms. The Morgan fingerprint density at radius 3 is 2.72 bits per heavy atom. The summed E-state index contributed by atoms with van der Waals surface area (Å²) >= 11 is 0. The fourth-order valence-electron chi connectivity index (χ4n) is 4.13. The number of nitrogens with zero attached hydrogens (tertiary/aromatic N) is 4. The molecule has 0 spiro atoms. The highest BCUT2D eigenvalue weighted by atomic mass is 15.4. The lowest BCUT2D eigenvalue weighted by molar-refractivity contribution is 0.649. The normalized spacial score (nSPS) is 13.4. The van der Waals surface area contributed by atoms with Crippen molar-refractivity contribution in [2.75, 3.05) is 5.32 Å². The fourth-order valence-corrected chi connectivity index (χ4v) is 4.13. The van der Waals surface area contributed by atoms with Crippen LogP contribution in [0.3, 0.4) is 0 Å². The second-order valence-electron chi connectivity index (χ2n) is 7.88. The van der Waals surface area contributed by atoms with E-state index in [0.717, 1.165) is 30.6 Å². The molecule has 0 unspecified atom stereocenters. The number of hydrogen-bond acceptors (Lipinski definition) is 4. The van der Waals surface area contributed by atoms with Gasteiger partial charge in [0.15, 0.2) is 0 Å². The number of rotatable bonds is 5. The van der Waals surface area contributed by atoms with E-state index in [4.69, 9.17) is 4.98 Å². The lowest BCUT2D eigenvalue weighted by Gasteiger charge is -2.21. The first-order valence-corrected chi connectivity index (χ1v) is 10.4. The van der Waals surface area contributed by atoms with Crippen LogP contribution in [0.5, 0.6) is 0 Å². The molecule has 5 nitrogen and oxygen atoms in total. The van der Waals surface area contributed by atoms with Crippen molar-refractivity contribution in [1.29, 1.82) is 0 Å². The van der Waals surface area contributed by atoms with Crippen LogP contribution in [0.4, 0.5) is 5.69 Å². The fraction of sp³-hybridized carbons (Fsp3) is 0.292. The van der Waals surface area contributed by atoms with Crippen LogP contribution in [0.1, 0.15) is 40.9 Å². The summed E-state index contributed by atoms with van der Waals surface area (Å²) in [5.74, 6) is 0. The van der Waals surface area contributed by atoms with Crippen LogP contribution >= 0.6 is 0 Å². The van der Waals surface area contributed by atoms with E-state index in [9.17, 15) is 0 Å². The zero-order valence-electron chi connectivity index (χ0n) is 16.7. The van der Waals surface area contributed by atoms with Crippen molar-refractivity contribution in [2.24, 2.45) is 0 Å². The Bertz CT molecular complexity index is 1140. The highest BCUT2D eigenvalue weighted by Gasteiger charge is 2.18. The minimum Gasteiger partial charge on any atom is -0.378 e. The standard InChI is InChI=1S/C24H25N5/c1-17-10-12-18(13-11-17)15-29-16-19(27-28-29)14-25-24-20-6-2-4-8-22(20)26-23-9-5-3-7-21(23)24/h2,4,6,8,10-13,16H,3,5,7,9,14-15H2,1H3,(H,25,26). The maximum atomic E-state index is 4.92. The number of para-hydroxylation sites is 1. The van der Waals surface area contributed by atoms with Gasteiger partial charge in [-0.25, -0.2) is 4.68 Å². The number of benzene rings is 2. The van der Waals surface area contributed by atoms with Crippen molar-refractivity contribution < 1.29 is 0 Å². The molecule has 0 saturated heterocycles. The molecule has 2 aromatic heterocycles. The summed E-state index contributed by atoms with van der Waals surface area (Å²) in [6.07, 6.45) is 6.65. The molecule has 0 saturated carbocycles. The molecule has 0 amide bonds. The molecule has 1 aliphatic rings. The van der Waals surface area contributed by atoms with Gasteiger partial charge in [0.2, 0.25) is 0 Å². The van der Waals surface area contributed by atoms with Gasteiger partial charge in [0.25, 0.3) is 0 Å². The van der Waals surface area contributed by atoms with E-state index in [0.29, 0.717) is 6.54 Å². The van der Waals surface area contributed by atoms with Crippen molar-refractivity contribution in [3.63, 3.8) is 0 Å². The van der Waals surface area contributed by atoms with Crippen LogP contribution in [0, 0.1) is 6.92 Å². The number of aryl methyl sites for hydroxylation is 2. The molecule has 2 heterocycles.